The van der Waals surface area contributed by atoms with Gasteiger partial charge in [-0.25, -0.2) is 0 Å². The van der Waals surface area contributed by atoms with E-state index in [-0.39, 0.29) is 23.2 Å². The minimum atomic E-state index is -0.418. The van der Waals surface area contributed by atoms with Crippen LogP contribution in [0, 0.1) is 17.8 Å². The van der Waals surface area contributed by atoms with Crippen LogP contribution in [0.4, 0.5) is 5.95 Å². The van der Waals surface area contributed by atoms with E-state index in [0.29, 0.717) is 31.2 Å². The van der Waals surface area contributed by atoms with Crippen LogP contribution in [0.5, 0.6) is 0 Å². The molecule has 0 aromatic carbocycles. The van der Waals surface area contributed by atoms with Crippen molar-refractivity contribution in [2.24, 2.45) is 10.8 Å². The highest BCUT2D eigenvalue weighted by Crippen LogP contribution is 2.74. The molecule has 1 aromatic heterocycles. The normalized spacial score (nSPS) is 31.8. The maximum Gasteiger partial charge on any atom is 0.270 e. The predicted octanol–water partition coefficient (Wildman–Crippen LogP) is 0.697. The molecule has 1 aliphatic heterocycles. The van der Waals surface area contributed by atoms with Gasteiger partial charge in [0, 0.05) is 20.0 Å². The van der Waals surface area contributed by atoms with Crippen LogP contribution in [-0.2, 0) is 9.59 Å². The smallest absolute Gasteiger partial charge is 0.270 e. The lowest BCUT2D eigenvalue weighted by Gasteiger charge is -2.68. The summed E-state index contributed by atoms with van der Waals surface area (Å²) in [7, 11) is 1.91. The fourth-order valence-electron chi connectivity index (χ4n) is 4.57. The Kier molecular flexibility index (Phi) is 3.42. The summed E-state index contributed by atoms with van der Waals surface area (Å²) in [4.78, 5) is 31.2. The molecule has 3 saturated carbocycles. The highest BCUT2D eigenvalue weighted by Gasteiger charge is 2.75. The lowest BCUT2D eigenvalue weighted by molar-refractivity contribution is -0.213. The standard InChI is InChI=1S/C16H23N5O3/c1-10-18-14(20-24-10)19-12(22)15-7-16(8-15,9-15)13(23)21(2)11-3-5-17-6-4-11/h11,17H,3-9H2,1-2H3,(H,19,20,22). The number of carbonyl (C=O) groups is 2. The van der Waals surface area contributed by atoms with Gasteiger partial charge in [-0.2, -0.15) is 4.98 Å². The van der Waals surface area contributed by atoms with E-state index in [1.54, 1.807) is 6.92 Å². The van der Waals surface area contributed by atoms with Crippen LogP contribution in [0.3, 0.4) is 0 Å². The Morgan fingerprint density at radius 3 is 2.50 bits per heavy atom. The molecule has 8 nitrogen and oxygen atoms in total. The van der Waals surface area contributed by atoms with Crippen molar-refractivity contribution in [2.45, 2.75) is 45.1 Å². The SMILES string of the molecule is Cc1nc(NC(=O)C23CC(C(=O)N(C)C4CCNCC4)(C2)C3)no1. The molecule has 1 saturated heterocycles. The Balaban J connectivity index is 1.35. The van der Waals surface area contributed by atoms with Gasteiger partial charge in [-0.3, -0.25) is 14.9 Å². The molecule has 0 radical (unpaired) electrons. The first kappa shape index (κ1) is 15.6. The maximum absolute atomic E-state index is 12.8. The molecule has 0 atom stereocenters. The molecule has 24 heavy (non-hydrogen) atoms. The number of nitrogens with zero attached hydrogens (tertiary/aromatic N) is 3. The van der Waals surface area contributed by atoms with Crippen molar-refractivity contribution in [1.29, 1.82) is 0 Å². The second-order valence-electron chi connectivity index (χ2n) is 7.58. The molecule has 4 aliphatic rings. The van der Waals surface area contributed by atoms with Gasteiger partial charge in [0.25, 0.3) is 5.95 Å². The highest BCUT2D eigenvalue weighted by atomic mass is 16.5. The van der Waals surface area contributed by atoms with Crippen LogP contribution >= 0.6 is 0 Å². The Labute approximate surface area is 140 Å². The molecular formula is C16H23N5O3. The molecule has 5 rings (SSSR count). The Bertz CT molecular complexity index is 659. The fraction of sp³-hybridized carbons (Fsp3) is 0.750. The fourth-order valence-corrected chi connectivity index (χ4v) is 4.57. The van der Waals surface area contributed by atoms with Crippen molar-refractivity contribution in [3.8, 4) is 0 Å². The molecule has 8 heteroatoms. The third-order valence-corrected chi connectivity index (χ3v) is 5.90. The van der Waals surface area contributed by atoms with E-state index in [0.717, 1.165) is 25.9 Å². The van der Waals surface area contributed by atoms with Crippen LogP contribution in [0.1, 0.15) is 38.0 Å². The Morgan fingerprint density at radius 2 is 1.92 bits per heavy atom. The molecule has 2 bridgehead atoms. The summed E-state index contributed by atoms with van der Waals surface area (Å²) in [6, 6.07) is 0.319. The average molecular weight is 333 g/mol. The van der Waals surface area contributed by atoms with Crippen LogP contribution in [0.25, 0.3) is 0 Å². The number of hydrogen-bond donors (Lipinski definition) is 2. The molecule has 130 valence electrons. The first-order valence-electron chi connectivity index (χ1n) is 8.54. The van der Waals surface area contributed by atoms with Gasteiger partial charge in [0.2, 0.25) is 17.7 Å². The molecule has 2 amide bonds. The summed E-state index contributed by atoms with van der Waals surface area (Å²) in [6.07, 6.45) is 3.91. The third-order valence-electron chi connectivity index (χ3n) is 5.90. The van der Waals surface area contributed by atoms with Crippen LogP contribution in [0.15, 0.2) is 4.52 Å². The molecule has 3 aliphatic carbocycles. The number of hydrogen-bond acceptors (Lipinski definition) is 6. The molecular weight excluding hydrogens is 310 g/mol. The minimum Gasteiger partial charge on any atom is -0.342 e. The summed E-state index contributed by atoms with van der Waals surface area (Å²) in [6.45, 7) is 3.60. The second-order valence-corrected chi connectivity index (χ2v) is 7.58. The minimum absolute atomic E-state index is 0.0949. The Morgan fingerprint density at radius 1 is 1.25 bits per heavy atom. The van der Waals surface area contributed by atoms with Crippen molar-refractivity contribution in [1.82, 2.24) is 20.4 Å². The van der Waals surface area contributed by atoms with Gasteiger partial charge >= 0.3 is 0 Å². The number of anilines is 1. The summed E-state index contributed by atoms with van der Waals surface area (Å²) < 4.78 is 4.86. The number of aryl methyl sites for hydroxylation is 1. The van der Waals surface area contributed by atoms with E-state index < -0.39 is 5.41 Å². The summed E-state index contributed by atoms with van der Waals surface area (Å²) in [5.74, 6) is 0.731. The van der Waals surface area contributed by atoms with Crippen LogP contribution in [0.2, 0.25) is 0 Å². The summed E-state index contributed by atoms with van der Waals surface area (Å²) >= 11 is 0. The lowest BCUT2D eigenvalue weighted by atomic mass is 9.34. The quantitative estimate of drug-likeness (QED) is 0.841. The van der Waals surface area contributed by atoms with Crippen molar-refractivity contribution in [2.75, 3.05) is 25.5 Å². The van der Waals surface area contributed by atoms with Gasteiger partial charge in [-0.05, 0) is 50.4 Å². The third kappa shape index (κ3) is 2.23. The monoisotopic (exact) mass is 333 g/mol. The largest absolute Gasteiger partial charge is 0.342 e. The summed E-state index contributed by atoms with van der Waals surface area (Å²) in [5.41, 5.74) is -0.733. The number of amides is 2. The van der Waals surface area contributed by atoms with Crippen LogP contribution < -0.4 is 10.6 Å². The van der Waals surface area contributed by atoms with E-state index in [4.69, 9.17) is 4.52 Å². The van der Waals surface area contributed by atoms with E-state index in [1.165, 1.54) is 0 Å². The van der Waals surface area contributed by atoms with Crippen molar-refractivity contribution >= 4 is 17.8 Å². The van der Waals surface area contributed by atoms with Crippen LogP contribution in [-0.4, -0.2) is 53.0 Å². The molecule has 0 unspecified atom stereocenters. The molecule has 2 heterocycles. The Hall–Kier alpha value is -1.96. The molecule has 0 spiro atoms. The number of nitrogens with one attached hydrogen (secondary N) is 2. The highest BCUT2D eigenvalue weighted by molar-refractivity contribution is 6.01. The zero-order chi connectivity index (χ0) is 16.9. The topological polar surface area (TPSA) is 100 Å². The second kappa shape index (κ2) is 5.27. The lowest BCUT2D eigenvalue weighted by Crippen LogP contribution is -2.72. The predicted molar refractivity (Wildman–Crippen MR) is 85.0 cm³/mol. The summed E-state index contributed by atoms with van der Waals surface area (Å²) in [5, 5.41) is 9.71. The number of rotatable bonds is 4. The van der Waals surface area contributed by atoms with Crippen molar-refractivity contribution < 1.29 is 14.1 Å². The van der Waals surface area contributed by atoms with Gasteiger partial charge in [0.05, 0.1) is 10.8 Å². The van der Waals surface area contributed by atoms with Crippen molar-refractivity contribution in [3.05, 3.63) is 5.89 Å². The maximum atomic E-state index is 12.8. The van der Waals surface area contributed by atoms with E-state index in [2.05, 4.69) is 20.8 Å². The van der Waals surface area contributed by atoms with Crippen molar-refractivity contribution in [3.63, 3.8) is 0 Å². The van der Waals surface area contributed by atoms with E-state index in [9.17, 15) is 9.59 Å². The first-order chi connectivity index (χ1) is 11.4. The first-order valence-corrected chi connectivity index (χ1v) is 8.54. The van der Waals surface area contributed by atoms with Gasteiger partial charge in [-0.1, -0.05) is 0 Å². The molecule has 1 aromatic rings. The van der Waals surface area contributed by atoms with E-state index >= 15 is 0 Å². The number of carbonyl (C=O) groups excluding carboxylic acids is 2. The zero-order valence-electron chi connectivity index (χ0n) is 14.1. The van der Waals surface area contributed by atoms with Gasteiger partial charge in [-0.15, -0.1) is 0 Å². The van der Waals surface area contributed by atoms with Gasteiger partial charge in [0.1, 0.15) is 0 Å². The van der Waals surface area contributed by atoms with E-state index in [1.807, 2.05) is 11.9 Å². The zero-order valence-corrected chi connectivity index (χ0v) is 14.1. The average Bonchev–Trinajstić information content (AvgIpc) is 2.89. The molecule has 4 fully saturated rings. The van der Waals surface area contributed by atoms with Gasteiger partial charge in [0.15, 0.2) is 0 Å². The number of aromatic nitrogens is 2. The number of piperidine rings is 1. The van der Waals surface area contributed by atoms with Gasteiger partial charge < -0.3 is 14.7 Å². The molecule has 2 N–H and O–H groups in total.